The molecule has 0 radical (unpaired) electrons. The van der Waals surface area contributed by atoms with Crippen LogP contribution in [-0.4, -0.2) is 15.7 Å². The smallest absolute Gasteiger partial charge is 0.246 e. The molecule has 5 nitrogen and oxygen atoms in total. The number of halogens is 1. The number of thiophene rings is 1. The molecule has 1 aliphatic rings. The Balaban J connectivity index is 1.77. The number of amides is 1. The number of anilines is 1. The summed E-state index contributed by atoms with van der Waals surface area (Å²) in [7, 11) is 0. The summed E-state index contributed by atoms with van der Waals surface area (Å²) in [5.41, 5.74) is 2.62. The highest BCUT2D eigenvalue weighted by Gasteiger charge is 2.21. The summed E-state index contributed by atoms with van der Waals surface area (Å²) in [6.45, 7) is 2.01. The van der Waals surface area contributed by atoms with Gasteiger partial charge in [-0.15, -0.1) is 11.3 Å². The Kier molecular flexibility index (Phi) is 4.32. The molecule has 0 saturated heterocycles. The van der Waals surface area contributed by atoms with Crippen LogP contribution in [0.5, 0.6) is 0 Å². The molecule has 0 saturated carbocycles. The molecule has 2 heterocycles. The summed E-state index contributed by atoms with van der Waals surface area (Å²) >= 11 is 4.92. The first-order chi connectivity index (χ1) is 10.6. The van der Waals surface area contributed by atoms with Crippen molar-refractivity contribution in [3.8, 4) is 6.07 Å². The van der Waals surface area contributed by atoms with Crippen molar-refractivity contribution >= 4 is 38.2 Å². The Bertz CT molecular complexity index is 752. The maximum atomic E-state index is 12.2. The fourth-order valence-electron chi connectivity index (χ4n) is 2.66. The van der Waals surface area contributed by atoms with E-state index >= 15 is 0 Å². The number of nitriles is 1. The van der Waals surface area contributed by atoms with Gasteiger partial charge < -0.3 is 5.32 Å². The molecule has 0 atom stereocenters. The topological polar surface area (TPSA) is 70.7 Å². The van der Waals surface area contributed by atoms with Crippen LogP contribution in [0.2, 0.25) is 0 Å². The van der Waals surface area contributed by atoms with Gasteiger partial charge in [-0.3, -0.25) is 9.48 Å². The molecular weight excluding hydrogens is 364 g/mol. The zero-order valence-corrected chi connectivity index (χ0v) is 14.6. The van der Waals surface area contributed by atoms with Crippen LogP contribution >= 0.6 is 27.3 Å². The first-order valence-electron chi connectivity index (χ1n) is 7.12. The van der Waals surface area contributed by atoms with Crippen molar-refractivity contribution in [2.75, 3.05) is 5.32 Å². The number of carbonyl (C=O) groups is 1. The largest absolute Gasteiger partial charge is 0.315 e. The van der Waals surface area contributed by atoms with Crippen LogP contribution in [0.1, 0.15) is 34.5 Å². The fourth-order valence-corrected chi connectivity index (χ4v) is 4.23. The molecule has 1 amide bonds. The Labute approximate surface area is 141 Å². The highest BCUT2D eigenvalue weighted by molar-refractivity contribution is 9.10. The average Bonchev–Trinajstić information content (AvgIpc) is 2.98. The standard InChI is InChI=1S/C15H15BrN4OS/c1-9-12(16)7-20(19-9)8-14(21)18-15-11(6-17)10-4-2-3-5-13(10)22-15/h7H,2-5,8H2,1H3,(H,18,21). The lowest BCUT2D eigenvalue weighted by molar-refractivity contribution is -0.116. The Morgan fingerprint density at radius 3 is 3.00 bits per heavy atom. The van der Waals surface area contributed by atoms with E-state index in [4.69, 9.17) is 0 Å². The number of nitrogens with zero attached hydrogens (tertiary/aromatic N) is 3. The second-order valence-electron chi connectivity index (χ2n) is 5.34. The van der Waals surface area contributed by atoms with E-state index in [2.05, 4.69) is 32.4 Å². The summed E-state index contributed by atoms with van der Waals surface area (Å²) in [5.74, 6) is -0.162. The zero-order chi connectivity index (χ0) is 15.7. The van der Waals surface area contributed by atoms with Crippen molar-refractivity contribution in [2.45, 2.75) is 39.2 Å². The summed E-state index contributed by atoms with van der Waals surface area (Å²) < 4.78 is 2.47. The van der Waals surface area contributed by atoms with Crippen LogP contribution in [0.4, 0.5) is 5.00 Å². The van der Waals surface area contributed by atoms with E-state index in [9.17, 15) is 10.1 Å². The Morgan fingerprint density at radius 2 is 2.32 bits per heavy atom. The van der Waals surface area contributed by atoms with Crippen LogP contribution in [0.3, 0.4) is 0 Å². The molecule has 7 heteroatoms. The second-order valence-corrected chi connectivity index (χ2v) is 7.29. The number of aryl methyl sites for hydroxylation is 2. The van der Waals surface area contributed by atoms with Gasteiger partial charge in [-0.2, -0.15) is 10.4 Å². The van der Waals surface area contributed by atoms with E-state index in [0.29, 0.717) is 10.6 Å². The molecule has 1 N–H and O–H groups in total. The number of carbonyl (C=O) groups excluding carboxylic acids is 1. The molecule has 22 heavy (non-hydrogen) atoms. The Hall–Kier alpha value is -1.65. The first-order valence-corrected chi connectivity index (χ1v) is 8.73. The number of nitrogens with one attached hydrogen (secondary N) is 1. The van der Waals surface area contributed by atoms with Crippen LogP contribution in [0.15, 0.2) is 10.7 Å². The lowest BCUT2D eigenvalue weighted by Gasteiger charge is -2.09. The van der Waals surface area contributed by atoms with Gasteiger partial charge in [0.15, 0.2) is 0 Å². The average molecular weight is 379 g/mol. The van der Waals surface area contributed by atoms with Gasteiger partial charge >= 0.3 is 0 Å². The quantitative estimate of drug-likeness (QED) is 0.889. The van der Waals surface area contributed by atoms with Gasteiger partial charge in [0.25, 0.3) is 0 Å². The molecule has 0 unspecified atom stereocenters. The van der Waals surface area contributed by atoms with E-state index < -0.39 is 0 Å². The molecule has 3 rings (SSSR count). The van der Waals surface area contributed by atoms with Crippen LogP contribution in [0, 0.1) is 18.3 Å². The van der Waals surface area contributed by atoms with Crippen LogP contribution < -0.4 is 5.32 Å². The van der Waals surface area contributed by atoms with Crippen LogP contribution in [-0.2, 0) is 24.2 Å². The maximum absolute atomic E-state index is 12.2. The molecule has 0 fully saturated rings. The molecule has 0 bridgehead atoms. The second kappa shape index (κ2) is 6.23. The minimum absolute atomic E-state index is 0.139. The predicted molar refractivity (Wildman–Crippen MR) is 89.0 cm³/mol. The number of aromatic nitrogens is 2. The first kappa shape index (κ1) is 15.3. The van der Waals surface area contributed by atoms with Crippen molar-refractivity contribution in [3.63, 3.8) is 0 Å². The molecule has 0 aromatic carbocycles. The molecule has 1 aliphatic carbocycles. The third-order valence-electron chi connectivity index (χ3n) is 3.73. The SMILES string of the molecule is Cc1nn(CC(=O)Nc2sc3c(c2C#N)CCCC3)cc1Br. The van der Waals surface area contributed by atoms with Crippen LogP contribution in [0.25, 0.3) is 0 Å². The van der Waals surface area contributed by atoms with E-state index in [1.54, 1.807) is 22.2 Å². The molecule has 2 aromatic rings. The molecular formula is C15H15BrN4OS. The molecule has 0 aliphatic heterocycles. The van der Waals surface area contributed by atoms with Gasteiger partial charge in [-0.25, -0.2) is 0 Å². The number of hydrogen-bond donors (Lipinski definition) is 1. The van der Waals surface area contributed by atoms with E-state index in [0.717, 1.165) is 41.4 Å². The summed E-state index contributed by atoms with van der Waals surface area (Å²) in [4.78, 5) is 13.4. The number of fused-ring (bicyclic) bond motifs is 1. The monoisotopic (exact) mass is 378 g/mol. The molecule has 0 spiro atoms. The van der Waals surface area contributed by atoms with Gasteiger partial charge in [0.05, 0.1) is 15.7 Å². The molecule has 2 aromatic heterocycles. The van der Waals surface area contributed by atoms with Gasteiger partial charge in [0.2, 0.25) is 5.91 Å². The van der Waals surface area contributed by atoms with Crippen molar-refractivity contribution in [2.24, 2.45) is 0 Å². The van der Waals surface area contributed by atoms with E-state index in [1.807, 2.05) is 6.92 Å². The maximum Gasteiger partial charge on any atom is 0.246 e. The highest BCUT2D eigenvalue weighted by atomic mass is 79.9. The van der Waals surface area contributed by atoms with Gasteiger partial charge in [-0.05, 0) is 54.1 Å². The Morgan fingerprint density at radius 1 is 1.55 bits per heavy atom. The minimum Gasteiger partial charge on any atom is -0.315 e. The predicted octanol–water partition coefficient (Wildman–Crippen LogP) is 3.40. The van der Waals surface area contributed by atoms with Gasteiger partial charge in [0, 0.05) is 11.1 Å². The summed E-state index contributed by atoms with van der Waals surface area (Å²) in [6.07, 6.45) is 6.00. The minimum atomic E-state index is -0.162. The lowest BCUT2D eigenvalue weighted by atomic mass is 9.96. The fraction of sp³-hybridized carbons (Fsp3) is 0.400. The van der Waals surface area contributed by atoms with Crippen molar-refractivity contribution in [1.82, 2.24) is 9.78 Å². The van der Waals surface area contributed by atoms with E-state index in [-0.39, 0.29) is 12.5 Å². The van der Waals surface area contributed by atoms with E-state index in [1.165, 1.54) is 4.88 Å². The number of rotatable bonds is 3. The molecule has 114 valence electrons. The third kappa shape index (κ3) is 2.94. The lowest BCUT2D eigenvalue weighted by Crippen LogP contribution is -2.19. The van der Waals surface area contributed by atoms with Crippen molar-refractivity contribution in [3.05, 3.63) is 32.4 Å². The number of hydrogen-bond acceptors (Lipinski definition) is 4. The summed E-state index contributed by atoms with van der Waals surface area (Å²) in [6, 6.07) is 2.25. The highest BCUT2D eigenvalue weighted by Crippen LogP contribution is 2.37. The zero-order valence-electron chi connectivity index (χ0n) is 12.1. The van der Waals surface area contributed by atoms with Crippen molar-refractivity contribution < 1.29 is 4.79 Å². The van der Waals surface area contributed by atoms with Gasteiger partial charge in [-0.1, -0.05) is 0 Å². The van der Waals surface area contributed by atoms with Crippen molar-refractivity contribution in [1.29, 1.82) is 5.26 Å². The summed E-state index contributed by atoms with van der Waals surface area (Å²) in [5, 5.41) is 17.2. The normalized spacial score (nSPS) is 13.5. The van der Waals surface area contributed by atoms with Gasteiger partial charge in [0.1, 0.15) is 17.6 Å². The third-order valence-corrected chi connectivity index (χ3v) is 5.71.